The molecule has 1 fully saturated rings. The Morgan fingerprint density at radius 2 is 2.00 bits per heavy atom. The van der Waals surface area contributed by atoms with Gasteiger partial charge in [0.1, 0.15) is 12.4 Å². The summed E-state index contributed by atoms with van der Waals surface area (Å²) >= 11 is 0. The zero-order valence-corrected chi connectivity index (χ0v) is 14.8. The molecule has 2 heterocycles. The highest BCUT2D eigenvalue weighted by Crippen LogP contribution is 2.35. The fourth-order valence-corrected chi connectivity index (χ4v) is 3.75. The highest BCUT2D eigenvalue weighted by Gasteiger charge is 2.42. The minimum absolute atomic E-state index is 0.121. The van der Waals surface area contributed by atoms with Crippen LogP contribution < -0.4 is 0 Å². The van der Waals surface area contributed by atoms with Crippen LogP contribution in [-0.4, -0.2) is 40.0 Å². The van der Waals surface area contributed by atoms with Crippen LogP contribution in [0.25, 0.3) is 0 Å². The molecule has 2 aromatic rings. The van der Waals surface area contributed by atoms with E-state index >= 15 is 0 Å². The lowest BCUT2D eigenvalue weighted by molar-refractivity contribution is -0.150. The van der Waals surface area contributed by atoms with Crippen LogP contribution in [0.2, 0.25) is 0 Å². The molecule has 1 saturated heterocycles. The maximum absolute atomic E-state index is 12.7. The fourth-order valence-electron chi connectivity index (χ4n) is 3.75. The Morgan fingerprint density at radius 1 is 1.28 bits per heavy atom. The van der Waals surface area contributed by atoms with Gasteiger partial charge in [0.15, 0.2) is 0 Å². The van der Waals surface area contributed by atoms with Crippen molar-refractivity contribution in [3.8, 4) is 0 Å². The van der Waals surface area contributed by atoms with Gasteiger partial charge in [0.05, 0.1) is 6.61 Å². The standard InChI is InChI=1S/C20H25N3O2/c1-3-25-20(24)19-18(11-16-12-21-14-22-13-16)9-10-23(19)15(2)17-7-5-4-6-8-17/h4-8,12-15,18-19H,3,9-11H2,1-2H3/t15-,18-,19-/m1/s1. The molecule has 0 radical (unpaired) electrons. The quantitative estimate of drug-likeness (QED) is 0.757. The molecule has 25 heavy (non-hydrogen) atoms. The van der Waals surface area contributed by atoms with Crippen molar-refractivity contribution in [2.75, 3.05) is 13.2 Å². The Bertz CT molecular complexity index is 678. The molecule has 0 saturated carbocycles. The average Bonchev–Trinajstić information content (AvgIpc) is 3.06. The summed E-state index contributed by atoms with van der Waals surface area (Å²) in [5, 5.41) is 0. The number of likely N-dealkylation sites (tertiary alicyclic amines) is 1. The summed E-state index contributed by atoms with van der Waals surface area (Å²) in [7, 11) is 0. The number of hydrogen-bond acceptors (Lipinski definition) is 5. The number of benzene rings is 1. The summed E-state index contributed by atoms with van der Waals surface area (Å²) in [5.74, 6) is 0.0980. The lowest BCUT2D eigenvalue weighted by Crippen LogP contribution is -2.42. The molecule has 0 unspecified atom stereocenters. The van der Waals surface area contributed by atoms with E-state index in [2.05, 4.69) is 33.9 Å². The summed E-state index contributed by atoms with van der Waals surface area (Å²) in [6, 6.07) is 10.3. The van der Waals surface area contributed by atoms with Gasteiger partial charge in [-0.15, -0.1) is 0 Å². The largest absolute Gasteiger partial charge is 0.465 e. The van der Waals surface area contributed by atoms with Crippen molar-refractivity contribution in [3.05, 3.63) is 60.2 Å². The minimum Gasteiger partial charge on any atom is -0.465 e. The van der Waals surface area contributed by atoms with Crippen molar-refractivity contribution in [1.29, 1.82) is 0 Å². The number of esters is 1. The number of hydrogen-bond donors (Lipinski definition) is 0. The van der Waals surface area contributed by atoms with E-state index < -0.39 is 0 Å². The van der Waals surface area contributed by atoms with Gasteiger partial charge in [-0.2, -0.15) is 0 Å². The Hall–Kier alpha value is -2.27. The van der Waals surface area contributed by atoms with Crippen LogP contribution in [0.1, 0.15) is 37.4 Å². The molecule has 1 aliphatic rings. The van der Waals surface area contributed by atoms with Crippen molar-refractivity contribution in [3.63, 3.8) is 0 Å². The van der Waals surface area contributed by atoms with E-state index in [0.29, 0.717) is 6.61 Å². The topological polar surface area (TPSA) is 55.3 Å². The zero-order chi connectivity index (χ0) is 17.6. The van der Waals surface area contributed by atoms with Gasteiger partial charge in [-0.05, 0) is 50.3 Å². The van der Waals surface area contributed by atoms with Crippen LogP contribution in [-0.2, 0) is 16.0 Å². The van der Waals surface area contributed by atoms with E-state index in [1.165, 1.54) is 11.9 Å². The van der Waals surface area contributed by atoms with Crippen molar-refractivity contribution in [1.82, 2.24) is 14.9 Å². The summed E-state index contributed by atoms with van der Waals surface area (Å²) in [4.78, 5) is 23.2. The van der Waals surface area contributed by atoms with Gasteiger partial charge in [0.25, 0.3) is 0 Å². The Kier molecular flexibility index (Phi) is 5.76. The van der Waals surface area contributed by atoms with Gasteiger partial charge < -0.3 is 4.74 Å². The normalized spacial score (nSPS) is 21.8. The van der Waals surface area contributed by atoms with E-state index in [1.807, 2.05) is 37.5 Å². The van der Waals surface area contributed by atoms with E-state index in [0.717, 1.165) is 24.9 Å². The third kappa shape index (κ3) is 4.04. The molecule has 0 N–H and O–H groups in total. The molecule has 0 aliphatic carbocycles. The SMILES string of the molecule is CCOC(=O)[C@H]1[C@@H](Cc2cncnc2)CCN1[C@H](C)c1ccccc1. The van der Waals surface area contributed by atoms with Crippen LogP contribution in [0.3, 0.4) is 0 Å². The number of ether oxygens (including phenoxy) is 1. The Balaban J connectivity index is 1.81. The maximum Gasteiger partial charge on any atom is 0.323 e. The number of carbonyl (C=O) groups is 1. The van der Waals surface area contributed by atoms with Gasteiger partial charge in [-0.1, -0.05) is 30.3 Å². The van der Waals surface area contributed by atoms with Crippen LogP contribution >= 0.6 is 0 Å². The van der Waals surface area contributed by atoms with Crippen LogP contribution in [0.5, 0.6) is 0 Å². The third-order valence-corrected chi connectivity index (χ3v) is 4.98. The molecule has 132 valence electrons. The Labute approximate surface area is 149 Å². The molecule has 3 rings (SSSR count). The number of rotatable bonds is 6. The first-order valence-corrected chi connectivity index (χ1v) is 8.92. The molecule has 0 spiro atoms. The monoisotopic (exact) mass is 339 g/mol. The lowest BCUT2D eigenvalue weighted by atomic mass is 9.93. The average molecular weight is 339 g/mol. The number of aromatic nitrogens is 2. The smallest absolute Gasteiger partial charge is 0.323 e. The second-order valence-corrected chi connectivity index (χ2v) is 6.52. The van der Waals surface area contributed by atoms with E-state index in [-0.39, 0.29) is 24.0 Å². The van der Waals surface area contributed by atoms with Crippen LogP contribution in [0.4, 0.5) is 0 Å². The van der Waals surface area contributed by atoms with Gasteiger partial charge in [-0.25, -0.2) is 9.97 Å². The first-order valence-electron chi connectivity index (χ1n) is 8.92. The van der Waals surface area contributed by atoms with Gasteiger partial charge in [0.2, 0.25) is 0 Å². The van der Waals surface area contributed by atoms with E-state index in [4.69, 9.17) is 4.74 Å². The Morgan fingerprint density at radius 3 is 2.68 bits per heavy atom. The zero-order valence-electron chi connectivity index (χ0n) is 14.8. The third-order valence-electron chi connectivity index (χ3n) is 4.98. The molecule has 3 atom stereocenters. The highest BCUT2D eigenvalue weighted by atomic mass is 16.5. The van der Waals surface area contributed by atoms with Crippen molar-refractivity contribution in [2.45, 2.75) is 38.8 Å². The van der Waals surface area contributed by atoms with Gasteiger partial charge in [0, 0.05) is 18.4 Å². The minimum atomic E-state index is -0.227. The summed E-state index contributed by atoms with van der Waals surface area (Å²) in [6.45, 7) is 5.31. The highest BCUT2D eigenvalue weighted by molar-refractivity contribution is 5.76. The van der Waals surface area contributed by atoms with Crippen molar-refractivity contribution < 1.29 is 9.53 Å². The molecule has 1 aromatic carbocycles. The molecular formula is C20H25N3O2. The first-order chi connectivity index (χ1) is 12.2. The van der Waals surface area contributed by atoms with Gasteiger partial charge in [-0.3, -0.25) is 9.69 Å². The number of carbonyl (C=O) groups excluding carboxylic acids is 1. The predicted molar refractivity (Wildman–Crippen MR) is 95.8 cm³/mol. The maximum atomic E-state index is 12.7. The molecule has 1 aromatic heterocycles. The molecular weight excluding hydrogens is 314 g/mol. The molecule has 0 amide bonds. The molecule has 1 aliphatic heterocycles. The van der Waals surface area contributed by atoms with Gasteiger partial charge >= 0.3 is 5.97 Å². The van der Waals surface area contributed by atoms with E-state index in [9.17, 15) is 4.79 Å². The summed E-state index contributed by atoms with van der Waals surface area (Å²) in [6.07, 6.45) is 6.96. The van der Waals surface area contributed by atoms with E-state index in [1.54, 1.807) is 0 Å². The predicted octanol–water partition coefficient (Wildman–Crippen LogP) is 3.03. The molecule has 5 nitrogen and oxygen atoms in total. The first kappa shape index (κ1) is 17.5. The lowest BCUT2D eigenvalue weighted by Gasteiger charge is -2.31. The van der Waals surface area contributed by atoms with Crippen molar-refractivity contribution >= 4 is 5.97 Å². The summed E-state index contributed by atoms with van der Waals surface area (Å²) < 4.78 is 5.40. The van der Waals surface area contributed by atoms with Crippen molar-refractivity contribution in [2.24, 2.45) is 5.92 Å². The fraction of sp³-hybridized carbons (Fsp3) is 0.450. The van der Waals surface area contributed by atoms with Crippen LogP contribution in [0.15, 0.2) is 49.1 Å². The number of nitrogens with zero attached hydrogens (tertiary/aromatic N) is 3. The molecule has 0 bridgehead atoms. The summed E-state index contributed by atoms with van der Waals surface area (Å²) in [5.41, 5.74) is 2.29. The second-order valence-electron chi connectivity index (χ2n) is 6.52. The van der Waals surface area contributed by atoms with Crippen LogP contribution in [0, 0.1) is 5.92 Å². The second kappa shape index (κ2) is 8.21. The molecule has 5 heteroatoms.